The van der Waals surface area contributed by atoms with Gasteiger partial charge in [0.2, 0.25) is 5.91 Å². The molecule has 2 rings (SSSR count). The van der Waals surface area contributed by atoms with Crippen molar-refractivity contribution in [2.75, 3.05) is 11.1 Å². The van der Waals surface area contributed by atoms with E-state index in [9.17, 15) is 17.6 Å². The van der Waals surface area contributed by atoms with Crippen molar-refractivity contribution in [3.8, 4) is 0 Å². The zero-order valence-corrected chi connectivity index (χ0v) is 14.8. The highest BCUT2D eigenvalue weighted by Crippen LogP contribution is 2.25. The van der Waals surface area contributed by atoms with Gasteiger partial charge in [0.05, 0.1) is 21.4 Å². The topological polar surface area (TPSA) is 63.2 Å². The summed E-state index contributed by atoms with van der Waals surface area (Å²) in [5, 5.41) is 3.35. The third kappa shape index (κ3) is 5.19. The maximum Gasteiger partial charge on any atom is 0.224 e. The molecular formula is C16H14Cl2FNO3S. The van der Waals surface area contributed by atoms with Crippen molar-refractivity contribution in [2.24, 2.45) is 0 Å². The zero-order valence-electron chi connectivity index (χ0n) is 12.4. The minimum absolute atomic E-state index is 0.00324. The number of sulfone groups is 1. The molecule has 0 bridgehead atoms. The van der Waals surface area contributed by atoms with Crippen molar-refractivity contribution < 1.29 is 17.6 Å². The van der Waals surface area contributed by atoms with Gasteiger partial charge in [-0.1, -0.05) is 23.2 Å². The minimum atomic E-state index is -3.55. The highest BCUT2D eigenvalue weighted by Gasteiger charge is 2.15. The van der Waals surface area contributed by atoms with Gasteiger partial charge in [0.25, 0.3) is 0 Å². The van der Waals surface area contributed by atoms with E-state index in [4.69, 9.17) is 23.2 Å². The Labute approximate surface area is 149 Å². The van der Waals surface area contributed by atoms with Crippen molar-refractivity contribution >= 4 is 44.6 Å². The number of nitrogens with one attached hydrogen (secondary N) is 1. The second-order valence-electron chi connectivity index (χ2n) is 5.05. The third-order valence-corrected chi connectivity index (χ3v) is 5.57. The van der Waals surface area contributed by atoms with Gasteiger partial charge in [-0.05, 0) is 48.9 Å². The number of rotatable bonds is 6. The first-order chi connectivity index (χ1) is 11.3. The highest BCUT2D eigenvalue weighted by molar-refractivity contribution is 7.91. The molecule has 4 nitrogen and oxygen atoms in total. The molecule has 0 saturated heterocycles. The van der Waals surface area contributed by atoms with Crippen LogP contribution in [0.5, 0.6) is 0 Å². The summed E-state index contributed by atoms with van der Waals surface area (Å²) in [6.45, 7) is 0. The van der Waals surface area contributed by atoms with Crippen molar-refractivity contribution in [1.82, 2.24) is 0 Å². The van der Waals surface area contributed by atoms with Crippen LogP contribution in [0.3, 0.4) is 0 Å². The largest absolute Gasteiger partial charge is 0.325 e. The molecule has 24 heavy (non-hydrogen) atoms. The number of halogens is 3. The SMILES string of the molecule is O=C(CCCS(=O)(=O)c1ccc(F)cc1)Nc1cc(Cl)ccc1Cl. The van der Waals surface area contributed by atoms with Crippen LogP contribution in [-0.2, 0) is 14.6 Å². The predicted molar refractivity (Wildman–Crippen MR) is 92.8 cm³/mol. The molecule has 0 aliphatic heterocycles. The Kier molecular flexibility index (Phi) is 6.21. The van der Waals surface area contributed by atoms with Crippen molar-refractivity contribution in [3.63, 3.8) is 0 Å². The number of carbonyl (C=O) groups excluding carboxylic acids is 1. The standard InChI is InChI=1S/C16H14Cl2FNO3S/c17-11-3-8-14(18)15(10-11)20-16(21)2-1-9-24(22,23)13-6-4-12(19)5-7-13/h3-8,10H,1-2,9H2,(H,20,21). The van der Waals surface area contributed by atoms with Crippen LogP contribution in [-0.4, -0.2) is 20.1 Å². The molecule has 0 unspecified atom stereocenters. The molecule has 0 atom stereocenters. The molecule has 1 N–H and O–H groups in total. The summed E-state index contributed by atoms with van der Waals surface area (Å²) >= 11 is 11.8. The lowest BCUT2D eigenvalue weighted by Crippen LogP contribution is -2.14. The lowest BCUT2D eigenvalue weighted by molar-refractivity contribution is -0.116. The fourth-order valence-corrected chi connectivity index (χ4v) is 3.64. The number of amides is 1. The third-order valence-electron chi connectivity index (χ3n) is 3.19. The number of carbonyl (C=O) groups is 1. The summed E-state index contributed by atoms with van der Waals surface area (Å²) in [7, 11) is -3.55. The van der Waals surface area contributed by atoms with Crippen molar-refractivity contribution in [2.45, 2.75) is 17.7 Å². The van der Waals surface area contributed by atoms with Gasteiger partial charge in [-0.15, -0.1) is 0 Å². The van der Waals surface area contributed by atoms with Crippen LogP contribution < -0.4 is 5.32 Å². The molecule has 0 fully saturated rings. The van der Waals surface area contributed by atoms with E-state index in [1.165, 1.54) is 18.2 Å². The number of hydrogen-bond acceptors (Lipinski definition) is 3. The van der Waals surface area contributed by atoms with Crippen LogP contribution in [0, 0.1) is 5.82 Å². The lowest BCUT2D eigenvalue weighted by Gasteiger charge is -2.08. The molecule has 2 aromatic carbocycles. The first-order valence-corrected chi connectivity index (χ1v) is 9.42. The molecule has 0 aromatic heterocycles. The Bertz CT molecular complexity index is 839. The molecule has 8 heteroatoms. The Morgan fingerprint density at radius 1 is 1.08 bits per heavy atom. The van der Waals surface area contributed by atoms with Gasteiger partial charge in [-0.25, -0.2) is 12.8 Å². The molecule has 128 valence electrons. The Hall–Kier alpha value is -1.63. The smallest absolute Gasteiger partial charge is 0.224 e. The Morgan fingerprint density at radius 2 is 1.75 bits per heavy atom. The second kappa shape index (κ2) is 7.96. The summed E-state index contributed by atoms with van der Waals surface area (Å²) in [6, 6.07) is 9.23. The van der Waals surface area contributed by atoms with Gasteiger partial charge in [-0.2, -0.15) is 0 Å². The number of anilines is 1. The maximum absolute atomic E-state index is 12.8. The fourth-order valence-electron chi connectivity index (χ4n) is 1.99. The molecule has 0 spiro atoms. The van der Waals surface area contributed by atoms with Gasteiger partial charge in [0, 0.05) is 11.4 Å². The van der Waals surface area contributed by atoms with E-state index in [1.54, 1.807) is 12.1 Å². The zero-order chi connectivity index (χ0) is 17.7. The molecule has 0 aliphatic carbocycles. The minimum Gasteiger partial charge on any atom is -0.325 e. The van der Waals surface area contributed by atoms with Crippen LogP contribution in [0.1, 0.15) is 12.8 Å². The predicted octanol–water partition coefficient (Wildman–Crippen LogP) is 4.33. The maximum atomic E-state index is 12.8. The van der Waals surface area contributed by atoms with Crippen LogP contribution >= 0.6 is 23.2 Å². The van der Waals surface area contributed by atoms with E-state index in [0.29, 0.717) is 15.7 Å². The Balaban J connectivity index is 1.90. The summed E-state index contributed by atoms with van der Waals surface area (Å²) in [6.07, 6.45) is 0.132. The van der Waals surface area contributed by atoms with E-state index >= 15 is 0 Å². The van der Waals surface area contributed by atoms with E-state index in [2.05, 4.69) is 5.32 Å². The first kappa shape index (κ1) is 18.7. The van der Waals surface area contributed by atoms with E-state index < -0.39 is 15.7 Å². The van der Waals surface area contributed by atoms with E-state index in [-0.39, 0.29) is 29.4 Å². The van der Waals surface area contributed by atoms with Gasteiger partial charge in [0.15, 0.2) is 9.84 Å². The molecule has 0 saturated carbocycles. The quantitative estimate of drug-likeness (QED) is 0.747. The van der Waals surface area contributed by atoms with Gasteiger partial charge >= 0.3 is 0 Å². The van der Waals surface area contributed by atoms with Crippen LogP contribution in [0.15, 0.2) is 47.4 Å². The lowest BCUT2D eigenvalue weighted by atomic mass is 10.3. The first-order valence-electron chi connectivity index (χ1n) is 7.01. The van der Waals surface area contributed by atoms with E-state index in [1.807, 2.05) is 0 Å². The number of benzene rings is 2. The molecule has 2 aromatic rings. The normalized spacial score (nSPS) is 11.3. The van der Waals surface area contributed by atoms with E-state index in [0.717, 1.165) is 12.1 Å². The summed E-state index contributed by atoms with van der Waals surface area (Å²) < 4.78 is 37.0. The average molecular weight is 390 g/mol. The molecular weight excluding hydrogens is 376 g/mol. The highest BCUT2D eigenvalue weighted by atomic mass is 35.5. The summed E-state index contributed by atoms with van der Waals surface area (Å²) in [5.41, 5.74) is 0.371. The molecule has 0 aliphatic rings. The van der Waals surface area contributed by atoms with Crippen LogP contribution in [0.2, 0.25) is 10.0 Å². The fraction of sp³-hybridized carbons (Fsp3) is 0.188. The van der Waals surface area contributed by atoms with Crippen LogP contribution in [0.4, 0.5) is 10.1 Å². The molecule has 1 amide bonds. The second-order valence-corrected chi connectivity index (χ2v) is 8.00. The van der Waals surface area contributed by atoms with Crippen LogP contribution in [0.25, 0.3) is 0 Å². The van der Waals surface area contributed by atoms with Gasteiger partial charge in [0.1, 0.15) is 5.82 Å². The average Bonchev–Trinajstić information content (AvgIpc) is 2.51. The van der Waals surface area contributed by atoms with Gasteiger partial charge in [-0.3, -0.25) is 4.79 Å². The summed E-state index contributed by atoms with van der Waals surface area (Å²) in [4.78, 5) is 11.9. The number of hydrogen-bond donors (Lipinski definition) is 1. The molecule has 0 radical (unpaired) electrons. The van der Waals surface area contributed by atoms with Crippen molar-refractivity contribution in [1.29, 1.82) is 0 Å². The summed E-state index contributed by atoms with van der Waals surface area (Å²) in [5.74, 6) is -1.09. The van der Waals surface area contributed by atoms with Crippen molar-refractivity contribution in [3.05, 3.63) is 58.3 Å². The van der Waals surface area contributed by atoms with Gasteiger partial charge < -0.3 is 5.32 Å². The Morgan fingerprint density at radius 3 is 2.42 bits per heavy atom. The monoisotopic (exact) mass is 389 g/mol. The molecule has 0 heterocycles.